The highest BCUT2D eigenvalue weighted by Gasteiger charge is 2.34. The van der Waals surface area contributed by atoms with Crippen molar-refractivity contribution >= 4 is 39.0 Å². The van der Waals surface area contributed by atoms with Crippen molar-refractivity contribution in [3.05, 3.63) is 59.9 Å². The molecule has 0 radical (unpaired) electrons. The molecule has 10 heteroatoms. The molecule has 1 aromatic carbocycles. The summed E-state index contributed by atoms with van der Waals surface area (Å²) >= 11 is 0. The predicted molar refractivity (Wildman–Crippen MR) is 125 cm³/mol. The minimum atomic E-state index is -3.70. The largest absolute Gasteiger partial charge is 0.356 e. The van der Waals surface area contributed by atoms with Gasteiger partial charge >= 0.3 is 0 Å². The molecule has 3 aromatic rings. The molecule has 0 saturated carbocycles. The van der Waals surface area contributed by atoms with Gasteiger partial charge < -0.3 is 15.6 Å². The van der Waals surface area contributed by atoms with Crippen LogP contribution in [0.1, 0.15) is 29.4 Å². The maximum absolute atomic E-state index is 13.2. The average Bonchev–Trinajstić information content (AvgIpc) is 3.12. The second kappa shape index (κ2) is 9.16. The molecular weight excluding hydrogens is 444 g/mol. The van der Waals surface area contributed by atoms with Gasteiger partial charge in [0.1, 0.15) is 5.82 Å². The molecule has 0 bridgehead atoms. The van der Waals surface area contributed by atoms with E-state index in [-0.39, 0.29) is 23.9 Å². The van der Waals surface area contributed by atoms with Crippen LogP contribution < -0.4 is 10.6 Å². The number of para-hydroxylation sites is 1. The van der Waals surface area contributed by atoms with E-state index in [1.807, 2.05) is 30.3 Å². The van der Waals surface area contributed by atoms with Crippen molar-refractivity contribution in [3.63, 3.8) is 0 Å². The molecular formula is C23H24N4O5S. The van der Waals surface area contributed by atoms with E-state index >= 15 is 0 Å². The van der Waals surface area contributed by atoms with E-state index in [1.54, 1.807) is 18.3 Å². The number of hydrogen-bond donors (Lipinski definition) is 3. The minimum Gasteiger partial charge on any atom is -0.356 e. The molecule has 1 unspecified atom stereocenters. The van der Waals surface area contributed by atoms with Crippen LogP contribution in [0.2, 0.25) is 0 Å². The summed E-state index contributed by atoms with van der Waals surface area (Å²) in [6.45, 7) is 1.40. The van der Waals surface area contributed by atoms with Crippen LogP contribution in [0.3, 0.4) is 0 Å². The van der Waals surface area contributed by atoms with Gasteiger partial charge in [0, 0.05) is 36.5 Å². The Kier molecular flexibility index (Phi) is 6.30. The lowest BCUT2D eigenvalue weighted by molar-refractivity contribution is -0.114. The number of ketones is 1. The standard InChI is InChI=1S/C23H24N4O5S/c1-14(28)25-20-12-16(8-9-24-20)22-23(26-17-6-4-3-5-7-17)21-18(27-22)10-15(11-19(21)29)13-33(30,31)32-2/h3-9,12,15,26-27H,10-11,13H2,1-2H3,(H,24,25,28). The maximum Gasteiger partial charge on any atom is 0.267 e. The number of carbonyl (C=O) groups is 2. The number of carbonyl (C=O) groups excluding carboxylic acids is 2. The van der Waals surface area contributed by atoms with Gasteiger partial charge in [-0.15, -0.1) is 0 Å². The number of amides is 1. The molecule has 1 aliphatic rings. The minimum absolute atomic E-state index is 0.101. The van der Waals surface area contributed by atoms with Gasteiger partial charge in [-0.25, -0.2) is 4.98 Å². The second-order valence-corrected chi connectivity index (χ2v) is 9.70. The number of benzene rings is 1. The van der Waals surface area contributed by atoms with E-state index < -0.39 is 16.0 Å². The van der Waals surface area contributed by atoms with Crippen molar-refractivity contribution in [3.8, 4) is 11.3 Å². The first kappa shape index (κ1) is 22.7. The Morgan fingerprint density at radius 3 is 2.67 bits per heavy atom. The summed E-state index contributed by atoms with van der Waals surface area (Å²) in [7, 11) is -2.58. The van der Waals surface area contributed by atoms with Crippen LogP contribution in [0.25, 0.3) is 11.3 Å². The highest BCUT2D eigenvalue weighted by atomic mass is 32.2. The van der Waals surface area contributed by atoms with Crippen molar-refractivity contribution in [2.24, 2.45) is 5.92 Å². The lowest BCUT2D eigenvalue weighted by Crippen LogP contribution is -2.26. The van der Waals surface area contributed by atoms with Crippen LogP contribution in [-0.2, 0) is 25.5 Å². The summed E-state index contributed by atoms with van der Waals surface area (Å²) in [6, 6.07) is 12.9. The summed E-state index contributed by atoms with van der Waals surface area (Å²) < 4.78 is 28.5. The number of aromatic nitrogens is 2. The van der Waals surface area contributed by atoms with Gasteiger partial charge in [0.25, 0.3) is 10.1 Å². The van der Waals surface area contributed by atoms with E-state index in [9.17, 15) is 18.0 Å². The summed E-state index contributed by atoms with van der Waals surface area (Å²) in [4.78, 5) is 32.1. The van der Waals surface area contributed by atoms with Crippen molar-refractivity contribution in [1.82, 2.24) is 9.97 Å². The molecule has 172 valence electrons. The summed E-state index contributed by atoms with van der Waals surface area (Å²) in [6.07, 6.45) is 2.06. The van der Waals surface area contributed by atoms with Crippen molar-refractivity contribution in [1.29, 1.82) is 0 Å². The van der Waals surface area contributed by atoms with E-state index in [2.05, 4.69) is 24.8 Å². The Balaban J connectivity index is 1.79. The lowest BCUT2D eigenvalue weighted by Gasteiger charge is -2.21. The molecule has 1 atom stereocenters. The van der Waals surface area contributed by atoms with Crippen LogP contribution in [0.4, 0.5) is 17.2 Å². The van der Waals surface area contributed by atoms with E-state index in [4.69, 9.17) is 0 Å². The molecule has 3 N–H and O–H groups in total. The molecule has 33 heavy (non-hydrogen) atoms. The van der Waals surface area contributed by atoms with Crippen molar-refractivity contribution in [2.45, 2.75) is 19.8 Å². The monoisotopic (exact) mass is 468 g/mol. The second-order valence-electron chi connectivity index (χ2n) is 7.92. The lowest BCUT2D eigenvalue weighted by atomic mass is 9.87. The Morgan fingerprint density at radius 2 is 1.97 bits per heavy atom. The summed E-state index contributed by atoms with van der Waals surface area (Å²) in [5.74, 6) is -0.631. The number of nitrogens with one attached hydrogen (secondary N) is 3. The summed E-state index contributed by atoms with van der Waals surface area (Å²) in [5, 5.41) is 6.00. The number of pyridine rings is 1. The van der Waals surface area contributed by atoms with E-state index in [0.717, 1.165) is 18.4 Å². The van der Waals surface area contributed by atoms with Crippen molar-refractivity contribution < 1.29 is 22.2 Å². The number of fused-ring (bicyclic) bond motifs is 1. The molecule has 2 aromatic heterocycles. The highest BCUT2D eigenvalue weighted by molar-refractivity contribution is 7.86. The third-order valence-corrected chi connectivity index (χ3v) is 6.80. The van der Waals surface area contributed by atoms with Gasteiger partial charge in [0.05, 0.1) is 29.8 Å². The Bertz CT molecular complexity index is 1300. The molecule has 0 spiro atoms. The maximum atomic E-state index is 13.2. The molecule has 0 fully saturated rings. The van der Waals surface area contributed by atoms with Gasteiger partial charge in [-0.2, -0.15) is 8.42 Å². The van der Waals surface area contributed by atoms with E-state index in [1.165, 1.54) is 6.92 Å². The molecule has 0 aliphatic heterocycles. The number of hydrogen-bond acceptors (Lipinski definition) is 7. The number of aromatic amines is 1. The van der Waals surface area contributed by atoms with Gasteiger partial charge in [0.2, 0.25) is 5.91 Å². The van der Waals surface area contributed by atoms with Gasteiger partial charge in [-0.05, 0) is 36.6 Å². The summed E-state index contributed by atoms with van der Waals surface area (Å²) in [5.41, 5.74) is 3.95. The topological polar surface area (TPSA) is 130 Å². The first-order valence-electron chi connectivity index (χ1n) is 10.4. The zero-order valence-electron chi connectivity index (χ0n) is 18.2. The molecule has 1 amide bonds. The number of Topliss-reactive ketones (excluding diaryl/α,β-unsaturated/α-hetero) is 1. The van der Waals surface area contributed by atoms with Crippen LogP contribution in [-0.4, -0.2) is 42.9 Å². The Labute approximate surface area is 191 Å². The number of rotatable bonds is 7. The fraction of sp³-hybridized carbons (Fsp3) is 0.261. The zero-order valence-corrected chi connectivity index (χ0v) is 19.0. The molecule has 0 saturated heterocycles. The number of anilines is 3. The van der Waals surface area contributed by atoms with E-state index in [0.29, 0.717) is 34.9 Å². The van der Waals surface area contributed by atoms with Crippen LogP contribution in [0, 0.1) is 5.92 Å². The SMILES string of the molecule is COS(=O)(=O)CC1CC(=O)c2c([nH]c(-c3ccnc(NC(C)=O)c3)c2Nc2ccccc2)C1. The van der Waals surface area contributed by atoms with Crippen LogP contribution in [0.15, 0.2) is 48.7 Å². The Hall–Kier alpha value is -3.50. The van der Waals surface area contributed by atoms with Gasteiger partial charge in [-0.3, -0.25) is 13.8 Å². The molecule has 2 heterocycles. The number of H-pyrrole nitrogens is 1. The molecule has 9 nitrogen and oxygen atoms in total. The smallest absolute Gasteiger partial charge is 0.267 e. The first-order chi connectivity index (χ1) is 15.8. The third-order valence-electron chi connectivity index (χ3n) is 5.41. The highest BCUT2D eigenvalue weighted by Crippen LogP contribution is 2.40. The predicted octanol–water partition coefficient (Wildman–Crippen LogP) is 3.50. The fourth-order valence-corrected chi connectivity index (χ4v) is 5.00. The first-order valence-corrected chi connectivity index (χ1v) is 12.0. The molecule has 4 rings (SSSR count). The van der Waals surface area contributed by atoms with Crippen molar-refractivity contribution in [2.75, 3.05) is 23.5 Å². The quantitative estimate of drug-likeness (QED) is 0.452. The van der Waals surface area contributed by atoms with Crippen LogP contribution in [0.5, 0.6) is 0 Å². The van der Waals surface area contributed by atoms with Gasteiger partial charge in [0.15, 0.2) is 5.78 Å². The number of nitrogens with zero attached hydrogens (tertiary/aromatic N) is 1. The van der Waals surface area contributed by atoms with Crippen LogP contribution >= 0.6 is 0 Å². The average molecular weight is 469 g/mol. The fourth-order valence-electron chi connectivity index (χ4n) is 4.05. The molecule has 1 aliphatic carbocycles. The zero-order chi connectivity index (χ0) is 23.6. The van der Waals surface area contributed by atoms with Gasteiger partial charge in [-0.1, -0.05) is 18.2 Å². The normalized spacial score (nSPS) is 15.7. The third kappa shape index (κ3) is 5.12. The Morgan fingerprint density at radius 1 is 1.21 bits per heavy atom.